The van der Waals surface area contributed by atoms with Gasteiger partial charge < -0.3 is 4.90 Å². The zero-order valence-corrected chi connectivity index (χ0v) is 12.7. The number of rotatable bonds is 5. The van der Waals surface area contributed by atoms with Crippen LogP contribution in [0.15, 0.2) is 34.5 Å². The van der Waals surface area contributed by atoms with Crippen molar-refractivity contribution >= 4 is 23.7 Å². The molecule has 1 aromatic carbocycles. The van der Waals surface area contributed by atoms with Crippen LogP contribution in [0.1, 0.15) is 17.8 Å². The first kappa shape index (κ1) is 15.4. The van der Waals surface area contributed by atoms with Gasteiger partial charge in [-0.1, -0.05) is 23.9 Å². The van der Waals surface area contributed by atoms with Crippen molar-refractivity contribution in [2.24, 2.45) is 5.10 Å². The Bertz CT molecular complexity index is 622. The molecule has 0 unspecified atom stereocenters. The van der Waals surface area contributed by atoms with E-state index in [2.05, 4.69) is 15.3 Å². The lowest BCUT2D eigenvalue weighted by Crippen LogP contribution is -2.08. The zero-order valence-electron chi connectivity index (χ0n) is 11.9. The van der Waals surface area contributed by atoms with Crippen LogP contribution < -0.4 is 4.90 Å². The number of benzene rings is 1. The number of alkyl halides is 2. The predicted molar refractivity (Wildman–Crippen MR) is 80.5 cm³/mol. The quantitative estimate of drug-likeness (QED) is 0.629. The lowest BCUT2D eigenvalue weighted by Gasteiger charge is -2.11. The molecule has 0 saturated heterocycles. The van der Waals surface area contributed by atoms with Gasteiger partial charge in [0.15, 0.2) is 0 Å². The van der Waals surface area contributed by atoms with E-state index >= 15 is 0 Å². The van der Waals surface area contributed by atoms with Crippen LogP contribution in [0.25, 0.3) is 0 Å². The minimum Gasteiger partial charge on any atom is -0.378 e. The molecule has 2 rings (SSSR count). The topological polar surface area (TPSA) is 46.3 Å². The van der Waals surface area contributed by atoms with Crippen molar-refractivity contribution in [1.29, 1.82) is 0 Å². The van der Waals surface area contributed by atoms with Crippen LogP contribution in [-0.4, -0.2) is 41.4 Å². The van der Waals surface area contributed by atoms with Crippen molar-refractivity contribution < 1.29 is 8.78 Å². The van der Waals surface area contributed by atoms with Gasteiger partial charge in [0.05, 0.1) is 6.21 Å². The van der Waals surface area contributed by atoms with Gasteiger partial charge in [0.1, 0.15) is 0 Å². The first-order chi connectivity index (χ1) is 10.0. The molecule has 1 heterocycles. The smallest absolute Gasteiger partial charge is 0.299 e. The number of aromatic nitrogens is 3. The zero-order chi connectivity index (χ0) is 15.4. The Hall–Kier alpha value is -1.96. The van der Waals surface area contributed by atoms with Crippen molar-refractivity contribution in [2.45, 2.75) is 11.6 Å². The third kappa shape index (κ3) is 3.57. The van der Waals surface area contributed by atoms with Crippen molar-refractivity contribution in [3.63, 3.8) is 0 Å². The van der Waals surface area contributed by atoms with E-state index in [0.717, 1.165) is 15.9 Å². The highest BCUT2D eigenvalue weighted by Gasteiger charge is 2.19. The normalized spacial score (nSPS) is 11.5. The molecule has 5 nitrogen and oxygen atoms in total. The molecule has 0 atom stereocenters. The molecule has 1 aromatic heterocycles. The molecule has 0 aliphatic heterocycles. The van der Waals surface area contributed by atoms with E-state index in [1.54, 1.807) is 6.26 Å². The monoisotopic (exact) mass is 311 g/mol. The first-order valence-electron chi connectivity index (χ1n) is 6.12. The van der Waals surface area contributed by atoms with E-state index in [1.807, 2.05) is 43.3 Å². The SMILES string of the molecule is CSc1nnc(C(F)F)n1N=Cc1ccc(N(C)C)cc1. The Morgan fingerprint density at radius 1 is 1.24 bits per heavy atom. The highest BCUT2D eigenvalue weighted by Crippen LogP contribution is 2.21. The van der Waals surface area contributed by atoms with E-state index in [-0.39, 0.29) is 0 Å². The number of nitrogens with zero attached hydrogens (tertiary/aromatic N) is 5. The molecule has 112 valence electrons. The number of halogens is 2. The summed E-state index contributed by atoms with van der Waals surface area (Å²) in [6.45, 7) is 0. The lowest BCUT2D eigenvalue weighted by atomic mass is 10.2. The summed E-state index contributed by atoms with van der Waals surface area (Å²) >= 11 is 1.21. The van der Waals surface area contributed by atoms with Gasteiger partial charge in [-0.2, -0.15) is 9.78 Å². The summed E-state index contributed by atoms with van der Waals surface area (Å²) in [5.41, 5.74) is 1.86. The van der Waals surface area contributed by atoms with E-state index in [4.69, 9.17) is 0 Å². The Morgan fingerprint density at radius 2 is 1.90 bits per heavy atom. The van der Waals surface area contributed by atoms with Crippen molar-refractivity contribution in [3.05, 3.63) is 35.7 Å². The summed E-state index contributed by atoms with van der Waals surface area (Å²) in [5.74, 6) is -0.458. The maximum atomic E-state index is 12.8. The Kier molecular flexibility index (Phi) is 4.89. The molecule has 0 saturated carbocycles. The lowest BCUT2D eigenvalue weighted by molar-refractivity contribution is 0.135. The molecule has 0 bridgehead atoms. The number of hydrogen-bond donors (Lipinski definition) is 0. The maximum absolute atomic E-state index is 12.8. The molecule has 0 N–H and O–H groups in total. The third-order valence-corrected chi connectivity index (χ3v) is 3.37. The van der Waals surface area contributed by atoms with Gasteiger partial charge in [-0.25, -0.2) is 8.78 Å². The average Bonchev–Trinajstić information content (AvgIpc) is 2.88. The molecule has 0 amide bonds. The third-order valence-electron chi connectivity index (χ3n) is 2.75. The van der Waals surface area contributed by atoms with Gasteiger partial charge in [-0.15, -0.1) is 10.2 Å². The van der Waals surface area contributed by atoms with Gasteiger partial charge >= 0.3 is 0 Å². The fourth-order valence-corrected chi connectivity index (χ4v) is 2.07. The molecule has 0 fully saturated rings. The highest BCUT2D eigenvalue weighted by atomic mass is 32.2. The van der Waals surface area contributed by atoms with Crippen LogP contribution in [0.4, 0.5) is 14.5 Å². The second-order valence-electron chi connectivity index (χ2n) is 4.39. The molecular weight excluding hydrogens is 296 g/mol. The second kappa shape index (κ2) is 6.66. The van der Waals surface area contributed by atoms with Crippen molar-refractivity contribution in [3.8, 4) is 0 Å². The van der Waals surface area contributed by atoms with E-state index < -0.39 is 12.2 Å². The van der Waals surface area contributed by atoms with E-state index in [0.29, 0.717) is 5.16 Å². The largest absolute Gasteiger partial charge is 0.378 e. The Balaban J connectivity index is 2.26. The molecule has 0 spiro atoms. The fraction of sp³-hybridized carbons (Fsp3) is 0.308. The van der Waals surface area contributed by atoms with Crippen LogP contribution in [0.5, 0.6) is 0 Å². The summed E-state index contributed by atoms with van der Waals surface area (Å²) < 4.78 is 26.7. The summed E-state index contributed by atoms with van der Waals surface area (Å²) in [6, 6.07) is 7.59. The Morgan fingerprint density at radius 3 is 2.43 bits per heavy atom. The van der Waals surface area contributed by atoms with Gasteiger partial charge in [0.25, 0.3) is 6.43 Å². The number of thioether (sulfide) groups is 1. The minimum absolute atomic E-state index is 0.325. The van der Waals surface area contributed by atoms with Gasteiger partial charge in [0.2, 0.25) is 11.0 Å². The van der Waals surface area contributed by atoms with Crippen molar-refractivity contribution in [2.75, 3.05) is 25.3 Å². The molecule has 0 aliphatic carbocycles. The van der Waals surface area contributed by atoms with E-state index in [9.17, 15) is 8.78 Å². The summed E-state index contributed by atoms with van der Waals surface area (Å²) in [5, 5.41) is 11.5. The molecule has 2 aromatic rings. The number of anilines is 1. The molecular formula is C13H15F2N5S. The molecule has 21 heavy (non-hydrogen) atoms. The van der Waals surface area contributed by atoms with Gasteiger partial charge in [-0.05, 0) is 24.0 Å². The average molecular weight is 311 g/mol. The summed E-state index contributed by atoms with van der Waals surface area (Å²) in [6.07, 6.45) is 0.526. The molecule has 8 heteroatoms. The predicted octanol–water partition coefficient (Wildman–Crippen LogP) is 2.89. The van der Waals surface area contributed by atoms with Crippen molar-refractivity contribution in [1.82, 2.24) is 14.9 Å². The second-order valence-corrected chi connectivity index (χ2v) is 5.16. The van der Waals surface area contributed by atoms with Crippen LogP contribution in [0.3, 0.4) is 0 Å². The van der Waals surface area contributed by atoms with Crippen LogP contribution in [0, 0.1) is 0 Å². The van der Waals surface area contributed by atoms with Crippen LogP contribution in [-0.2, 0) is 0 Å². The molecule has 0 radical (unpaired) electrons. The minimum atomic E-state index is -2.72. The standard InChI is InChI=1S/C13H15F2N5S/c1-19(2)10-6-4-9(5-7-10)8-16-20-12(11(14)15)17-18-13(20)21-3/h4-8,11H,1-3H3. The highest BCUT2D eigenvalue weighted by molar-refractivity contribution is 7.98. The molecule has 0 aliphatic rings. The van der Waals surface area contributed by atoms with Gasteiger partial charge in [-0.3, -0.25) is 0 Å². The van der Waals surface area contributed by atoms with E-state index in [1.165, 1.54) is 18.0 Å². The van der Waals surface area contributed by atoms with Crippen LogP contribution >= 0.6 is 11.8 Å². The van der Waals surface area contributed by atoms with Crippen LogP contribution in [0.2, 0.25) is 0 Å². The summed E-state index contributed by atoms with van der Waals surface area (Å²) in [4.78, 5) is 1.97. The van der Waals surface area contributed by atoms with Gasteiger partial charge in [0, 0.05) is 19.8 Å². The number of hydrogen-bond acceptors (Lipinski definition) is 5. The first-order valence-corrected chi connectivity index (χ1v) is 7.34. The summed E-state index contributed by atoms with van der Waals surface area (Å²) in [7, 11) is 3.89. The Labute approximate surface area is 125 Å². The fourth-order valence-electron chi connectivity index (χ4n) is 1.63. The maximum Gasteiger partial charge on any atom is 0.299 e.